The molecule has 0 radical (unpaired) electrons. The van der Waals surface area contributed by atoms with E-state index in [1.807, 2.05) is 12.2 Å². The normalized spacial score (nSPS) is 12.3. The molecular weight excluding hydrogens is 144 g/mol. The minimum absolute atomic E-state index is 0.0911. The summed E-state index contributed by atoms with van der Waals surface area (Å²) in [5.41, 5.74) is 1.88. The summed E-state index contributed by atoms with van der Waals surface area (Å²) in [4.78, 5) is 0. The summed E-state index contributed by atoms with van der Waals surface area (Å²) in [6.07, 6.45) is 3.61. The molecule has 0 aromatic heterocycles. The molecule has 0 rings (SSSR count). The van der Waals surface area contributed by atoms with Gasteiger partial charge in [-0.3, -0.25) is 0 Å². The lowest BCUT2D eigenvalue weighted by Crippen LogP contribution is -2.38. The summed E-state index contributed by atoms with van der Waals surface area (Å²) in [5.74, 6) is 0. The summed E-state index contributed by atoms with van der Waals surface area (Å²) in [6, 6.07) is 0. The lowest BCUT2D eigenvalue weighted by atomic mass is 10.6. The van der Waals surface area contributed by atoms with Crippen LogP contribution in [0.2, 0.25) is 6.55 Å². The molecule has 0 aromatic carbocycles. The fourth-order valence-corrected chi connectivity index (χ4v) is 1.37. The molecule has 10 heavy (non-hydrogen) atoms. The van der Waals surface area contributed by atoms with Crippen LogP contribution in [0.25, 0.3) is 0 Å². The highest BCUT2D eigenvalue weighted by Gasteiger charge is 2.20. The van der Waals surface area contributed by atoms with Crippen LogP contribution in [0.1, 0.15) is 0 Å². The predicted molar refractivity (Wildman–Crippen MR) is 45.1 cm³/mol. The average Bonchev–Trinajstić information content (AvgIpc) is 2.00. The Balaban J connectivity index is 4.04. The van der Waals surface area contributed by atoms with Gasteiger partial charge in [0.25, 0.3) is 0 Å². The molecule has 0 amide bonds. The van der Waals surface area contributed by atoms with Crippen molar-refractivity contribution in [3.8, 4) is 0 Å². The topological polar surface area (TPSA) is 40.5 Å². The van der Waals surface area contributed by atoms with Gasteiger partial charge in [0.1, 0.15) is 8.07 Å². The summed E-state index contributed by atoms with van der Waals surface area (Å²) < 4.78 is 0. The molecule has 0 bridgehead atoms. The highest BCUT2D eigenvalue weighted by molar-refractivity contribution is 6.83. The second-order valence-corrected chi connectivity index (χ2v) is 6.84. The smallest absolute Gasteiger partial charge is 0.131 e. The van der Waals surface area contributed by atoms with E-state index < -0.39 is 8.07 Å². The zero-order valence-corrected chi connectivity index (χ0v) is 7.25. The van der Waals surface area contributed by atoms with Gasteiger partial charge in [0.05, 0.1) is 0 Å². The lowest BCUT2D eigenvalue weighted by molar-refractivity contribution is 0.325. The Morgan fingerprint density at radius 1 is 1.40 bits per heavy atom. The molecule has 0 atom stereocenters. The number of hydrogen-bond acceptors (Lipinski definition) is 2. The fourth-order valence-electron chi connectivity index (χ4n) is 0.456. The summed E-state index contributed by atoms with van der Waals surface area (Å²) in [7, 11) is -1.86. The molecule has 0 unspecified atom stereocenters. The molecule has 3 heteroatoms. The first-order chi connectivity index (χ1) is 4.68. The molecule has 0 heterocycles. The third-order valence-electron chi connectivity index (χ3n) is 1.36. The van der Waals surface area contributed by atoms with E-state index in [0.29, 0.717) is 0 Å². The maximum Gasteiger partial charge on any atom is 0.131 e. The van der Waals surface area contributed by atoms with Crippen molar-refractivity contribution in [3.05, 3.63) is 24.4 Å². The average molecular weight is 158 g/mol. The molecule has 0 saturated carbocycles. The van der Waals surface area contributed by atoms with E-state index in [1.165, 1.54) is 0 Å². The van der Waals surface area contributed by atoms with Gasteiger partial charge in [-0.05, 0) is 0 Å². The third kappa shape index (κ3) is 2.96. The van der Waals surface area contributed by atoms with Gasteiger partial charge in [-0.1, -0.05) is 31.0 Å². The second-order valence-electron chi connectivity index (χ2n) is 2.57. The van der Waals surface area contributed by atoms with Crippen molar-refractivity contribution in [2.75, 3.05) is 12.5 Å². The zero-order valence-electron chi connectivity index (χ0n) is 6.25. The summed E-state index contributed by atoms with van der Waals surface area (Å²) >= 11 is 0. The predicted octanol–water partition coefficient (Wildman–Crippen LogP) is 0.409. The molecule has 0 fully saturated rings. The van der Waals surface area contributed by atoms with Crippen LogP contribution in [0.4, 0.5) is 0 Å². The van der Waals surface area contributed by atoms with Crippen molar-refractivity contribution >= 4 is 8.07 Å². The van der Waals surface area contributed by atoms with Crippen molar-refractivity contribution in [1.82, 2.24) is 0 Å². The van der Waals surface area contributed by atoms with Crippen LogP contribution in [0, 0.1) is 0 Å². The van der Waals surface area contributed by atoms with Gasteiger partial charge in [-0.2, -0.15) is 0 Å². The first kappa shape index (κ1) is 9.62. The fraction of sp³-hybridized carbons (Fsp3) is 0.429. The van der Waals surface area contributed by atoms with Crippen molar-refractivity contribution in [2.45, 2.75) is 6.55 Å². The van der Waals surface area contributed by atoms with Crippen LogP contribution >= 0.6 is 0 Å². The Hall–Kier alpha value is -0.383. The molecule has 0 saturated heterocycles. The molecule has 0 spiro atoms. The Bertz CT molecular complexity index is 128. The van der Waals surface area contributed by atoms with Crippen LogP contribution in [0.5, 0.6) is 0 Å². The van der Waals surface area contributed by atoms with E-state index >= 15 is 0 Å². The molecule has 2 N–H and O–H groups in total. The first-order valence-corrected chi connectivity index (χ1v) is 6.19. The SMILES string of the molecule is C=C/C=C/[Si](C)(CO)CO. The van der Waals surface area contributed by atoms with Crippen LogP contribution in [0.15, 0.2) is 24.4 Å². The van der Waals surface area contributed by atoms with Gasteiger partial charge in [0.15, 0.2) is 0 Å². The van der Waals surface area contributed by atoms with Gasteiger partial charge in [-0.15, -0.1) is 0 Å². The van der Waals surface area contributed by atoms with E-state index in [2.05, 4.69) is 6.58 Å². The zero-order chi connectivity index (χ0) is 8.04. The molecule has 0 aromatic rings. The Morgan fingerprint density at radius 2 is 1.90 bits per heavy atom. The lowest BCUT2D eigenvalue weighted by Gasteiger charge is -2.15. The Kier molecular flexibility index (Phi) is 4.27. The third-order valence-corrected chi connectivity index (χ3v) is 3.80. The van der Waals surface area contributed by atoms with Gasteiger partial charge in [-0.25, -0.2) is 0 Å². The Morgan fingerprint density at radius 3 is 2.20 bits per heavy atom. The molecule has 0 aliphatic carbocycles. The van der Waals surface area contributed by atoms with Crippen LogP contribution < -0.4 is 0 Å². The van der Waals surface area contributed by atoms with Crippen molar-refractivity contribution in [3.63, 3.8) is 0 Å². The standard InChI is InChI=1S/C7H14O2Si/c1-3-4-5-10(2,6-8)7-9/h3-5,8-9H,1,6-7H2,2H3/b5-4+. The van der Waals surface area contributed by atoms with Gasteiger partial charge >= 0.3 is 0 Å². The summed E-state index contributed by atoms with van der Waals surface area (Å²) in [6.45, 7) is 5.41. The second kappa shape index (κ2) is 4.44. The van der Waals surface area contributed by atoms with Crippen LogP contribution in [0.3, 0.4) is 0 Å². The van der Waals surface area contributed by atoms with Gasteiger partial charge in [0, 0.05) is 12.5 Å². The Labute approximate surface area is 62.5 Å². The quantitative estimate of drug-likeness (QED) is 0.459. The van der Waals surface area contributed by atoms with Crippen LogP contribution in [-0.4, -0.2) is 30.7 Å². The molecular formula is C7H14O2Si. The molecule has 2 nitrogen and oxygen atoms in total. The van der Waals surface area contributed by atoms with Gasteiger partial charge in [0.2, 0.25) is 0 Å². The van der Waals surface area contributed by atoms with Crippen molar-refractivity contribution in [2.24, 2.45) is 0 Å². The molecule has 0 aliphatic rings. The monoisotopic (exact) mass is 158 g/mol. The highest BCUT2D eigenvalue weighted by atomic mass is 28.3. The number of allylic oxidation sites excluding steroid dienone is 2. The minimum atomic E-state index is -1.86. The maximum atomic E-state index is 8.83. The highest BCUT2D eigenvalue weighted by Crippen LogP contribution is 2.01. The van der Waals surface area contributed by atoms with E-state index in [1.54, 1.807) is 12.2 Å². The first-order valence-electron chi connectivity index (χ1n) is 3.20. The molecule has 0 aliphatic heterocycles. The summed E-state index contributed by atoms with van der Waals surface area (Å²) in [5, 5.41) is 17.7. The van der Waals surface area contributed by atoms with E-state index in [-0.39, 0.29) is 12.5 Å². The number of aliphatic hydroxyl groups is 2. The largest absolute Gasteiger partial charge is 0.399 e. The number of rotatable bonds is 4. The molecule has 58 valence electrons. The minimum Gasteiger partial charge on any atom is -0.399 e. The van der Waals surface area contributed by atoms with E-state index in [4.69, 9.17) is 10.2 Å². The number of hydrogen-bond donors (Lipinski definition) is 2. The van der Waals surface area contributed by atoms with Crippen molar-refractivity contribution in [1.29, 1.82) is 0 Å². The number of aliphatic hydroxyl groups excluding tert-OH is 2. The van der Waals surface area contributed by atoms with Crippen LogP contribution in [-0.2, 0) is 0 Å². The van der Waals surface area contributed by atoms with Crippen molar-refractivity contribution < 1.29 is 10.2 Å². The van der Waals surface area contributed by atoms with Gasteiger partial charge < -0.3 is 10.2 Å². The van der Waals surface area contributed by atoms with E-state index in [9.17, 15) is 0 Å². The van der Waals surface area contributed by atoms with E-state index in [0.717, 1.165) is 0 Å². The maximum absolute atomic E-state index is 8.83.